The number of allylic oxidation sites excluding steroid dienone is 1. The summed E-state index contributed by atoms with van der Waals surface area (Å²) in [5.74, 6) is -0.0493. The van der Waals surface area contributed by atoms with Crippen molar-refractivity contribution < 1.29 is 28.5 Å². The third-order valence-corrected chi connectivity index (χ3v) is 6.10. The van der Waals surface area contributed by atoms with Gasteiger partial charge in [-0.15, -0.1) is 13.2 Å². The Kier molecular flexibility index (Phi) is 9.62. The molecule has 0 radical (unpaired) electrons. The lowest BCUT2D eigenvalue weighted by atomic mass is 9.92. The molecular formula is C27H36O6. The molecule has 0 bridgehead atoms. The van der Waals surface area contributed by atoms with E-state index in [1.807, 2.05) is 58.0 Å². The zero-order chi connectivity index (χ0) is 24.6. The van der Waals surface area contributed by atoms with Gasteiger partial charge in [-0.1, -0.05) is 37.3 Å². The van der Waals surface area contributed by atoms with E-state index in [1.54, 1.807) is 19.3 Å². The summed E-state index contributed by atoms with van der Waals surface area (Å²) in [5.41, 5.74) is 1.03. The predicted molar refractivity (Wildman–Crippen MR) is 128 cm³/mol. The van der Waals surface area contributed by atoms with Gasteiger partial charge in [0.2, 0.25) is 0 Å². The van der Waals surface area contributed by atoms with Gasteiger partial charge in [0.25, 0.3) is 0 Å². The summed E-state index contributed by atoms with van der Waals surface area (Å²) in [6.45, 7) is 15.2. The number of ketones is 1. The summed E-state index contributed by atoms with van der Waals surface area (Å²) in [7, 11) is 1.61. The van der Waals surface area contributed by atoms with Crippen molar-refractivity contribution in [3.05, 3.63) is 66.8 Å². The van der Waals surface area contributed by atoms with Crippen LogP contribution >= 0.6 is 0 Å². The quantitative estimate of drug-likeness (QED) is 0.235. The molecule has 0 aromatic heterocycles. The van der Waals surface area contributed by atoms with Crippen LogP contribution in [0.15, 0.2) is 61.2 Å². The fourth-order valence-corrected chi connectivity index (χ4v) is 3.75. The summed E-state index contributed by atoms with van der Waals surface area (Å²) in [6, 6.07) is 7.44. The van der Waals surface area contributed by atoms with Crippen LogP contribution < -0.4 is 4.74 Å². The molecule has 0 amide bonds. The van der Waals surface area contributed by atoms with Crippen LogP contribution in [0.3, 0.4) is 0 Å². The molecule has 0 aliphatic carbocycles. The SMILES string of the molecule is C=CC(C)C(OC(=O)CC(=O)CCC1(C)OC(c2ccc(OC)cc2)OC1C=C)/C(C)=C/C. The normalized spacial score (nSPS) is 24.6. The first-order valence-corrected chi connectivity index (χ1v) is 11.2. The highest BCUT2D eigenvalue weighted by atomic mass is 16.7. The minimum absolute atomic E-state index is 0.0496. The molecule has 1 aliphatic heterocycles. The summed E-state index contributed by atoms with van der Waals surface area (Å²) >= 11 is 0. The third-order valence-electron chi connectivity index (χ3n) is 6.10. The Morgan fingerprint density at radius 1 is 1.24 bits per heavy atom. The standard InChI is InChI=1S/C27H36O6/c1-8-18(4)25(19(5)9-2)32-24(29)17-21(28)15-16-27(6)23(10-3)31-26(33-27)20-11-13-22(30-7)14-12-20/h8-14,18,23,25-26H,1,3,15-17H2,2,4-7H3/b19-9+. The van der Waals surface area contributed by atoms with E-state index >= 15 is 0 Å². The molecule has 1 aliphatic rings. The van der Waals surface area contributed by atoms with Gasteiger partial charge >= 0.3 is 5.97 Å². The van der Waals surface area contributed by atoms with E-state index in [0.717, 1.165) is 16.9 Å². The highest BCUT2D eigenvalue weighted by Gasteiger charge is 2.45. The van der Waals surface area contributed by atoms with Crippen molar-refractivity contribution in [2.45, 2.75) is 71.1 Å². The number of methoxy groups -OCH3 is 1. The van der Waals surface area contributed by atoms with E-state index in [9.17, 15) is 9.59 Å². The van der Waals surface area contributed by atoms with Gasteiger partial charge in [0, 0.05) is 17.9 Å². The molecule has 1 saturated heterocycles. The van der Waals surface area contributed by atoms with Gasteiger partial charge in [0.1, 0.15) is 30.2 Å². The monoisotopic (exact) mass is 456 g/mol. The minimum Gasteiger partial charge on any atom is -0.497 e. The van der Waals surface area contributed by atoms with Crippen LogP contribution in [0.5, 0.6) is 5.75 Å². The topological polar surface area (TPSA) is 71.1 Å². The van der Waals surface area contributed by atoms with Gasteiger partial charge in [0.05, 0.1) is 12.7 Å². The molecule has 1 heterocycles. The van der Waals surface area contributed by atoms with Crippen molar-refractivity contribution in [2.75, 3.05) is 7.11 Å². The molecule has 5 atom stereocenters. The maximum atomic E-state index is 12.6. The molecule has 0 N–H and O–H groups in total. The van der Waals surface area contributed by atoms with Gasteiger partial charge in [-0.25, -0.2) is 0 Å². The lowest BCUT2D eigenvalue weighted by Gasteiger charge is -2.26. The fourth-order valence-electron chi connectivity index (χ4n) is 3.75. The Balaban J connectivity index is 1.96. The highest BCUT2D eigenvalue weighted by Crippen LogP contribution is 2.41. The Morgan fingerprint density at radius 2 is 1.91 bits per heavy atom. The Labute approximate surface area is 197 Å². The Hall–Kier alpha value is -2.70. The molecule has 1 fully saturated rings. The molecule has 6 heteroatoms. The first kappa shape index (κ1) is 26.6. The average Bonchev–Trinajstić information content (AvgIpc) is 3.17. The van der Waals surface area contributed by atoms with Gasteiger partial charge in [0.15, 0.2) is 6.29 Å². The zero-order valence-corrected chi connectivity index (χ0v) is 20.3. The number of carbonyl (C=O) groups is 2. The van der Waals surface area contributed by atoms with E-state index in [0.29, 0.717) is 6.42 Å². The summed E-state index contributed by atoms with van der Waals surface area (Å²) in [5, 5.41) is 0. The second-order valence-corrected chi connectivity index (χ2v) is 8.58. The second kappa shape index (κ2) is 12.0. The van der Waals surface area contributed by atoms with Crippen LogP contribution in [-0.2, 0) is 23.8 Å². The van der Waals surface area contributed by atoms with Crippen LogP contribution in [0.2, 0.25) is 0 Å². The lowest BCUT2D eigenvalue weighted by Crippen LogP contribution is -2.36. The molecule has 0 spiro atoms. The number of carbonyl (C=O) groups excluding carboxylic acids is 2. The largest absolute Gasteiger partial charge is 0.497 e. The summed E-state index contributed by atoms with van der Waals surface area (Å²) < 4.78 is 23.0. The van der Waals surface area contributed by atoms with E-state index in [1.165, 1.54) is 0 Å². The van der Waals surface area contributed by atoms with Gasteiger partial charge in [-0.05, 0) is 44.9 Å². The first-order chi connectivity index (χ1) is 15.7. The third kappa shape index (κ3) is 6.89. The van der Waals surface area contributed by atoms with Gasteiger partial charge < -0.3 is 18.9 Å². The predicted octanol–water partition coefficient (Wildman–Crippen LogP) is 5.49. The van der Waals surface area contributed by atoms with Crippen molar-refractivity contribution in [3.8, 4) is 5.75 Å². The molecule has 180 valence electrons. The van der Waals surface area contributed by atoms with Crippen LogP contribution in [0.1, 0.15) is 58.8 Å². The Morgan fingerprint density at radius 3 is 2.45 bits per heavy atom. The molecule has 1 aromatic carbocycles. The van der Waals surface area contributed by atoms with Crippen molar-refractivity contribution >= 4 is 11.8 Å². The zero-order valence-electron chi connectivity index (χ0n) is 20.3. The molecule has 1 aromatic rings. The average molecular weight is 457 g/mol. The second-order valence-electron chi connectivity index (χ2n) is 8.58. The molecular weight excluding hydrogens is 420 g/mol. The van der Waals surface area contributed by atoms with Crippen molar-refractivity contribution in [1.29, 1.82) is 0 Å². The van der Waals surface area contributed by atoms with Crippen LogP contribution in [0.25, 0.3) is 0 Å². The van der Waals surface area contributed by atoms with Crippen LogP contribution in [0, 0.1) is 5.92 Å². The van der Waals surface area contributed by atoms with Gasteiger partial charge in [-0.2, -0.15) is 0 Å². The number of benzene rings is 1. The molecule has 5 unspecified atom stereocenters. The molecule has 2 rings (SSSR count). The number of ether oxygens (including phenoxy) is 4. The van der Waals surface area contributed by atoms with E-state index in [2.05, 4.69) is 13.2 Å². The first-order valence-electron chi connectivity index (χ1n) is 11.2. The fraction of sp³-hybridized carbons (Fsp3) is 0.481. The number of Topliss-reactive ketones (excluding diaryl/α,β-unsaturated/α-hetero) is 1. The number of hydrogen-bond donors (Lipinski definition) is 0. The molecule has 33 heavy (non-hydrogen) atoms. The smallest absolute Gasteiger partial charge is 0.313 e. The maximum Gasteiger partial charge on any atom is 0.313 e. The van der Waals surface area contributed by atoms with Crippen LogP contribution in [0.4, 0.5) is 0 Å². The maximum absolute atomic E-state index is 12.6. The van der Waals surface area contributed by atoms with Crippen LogP contribution in [-0.4, -0.2) is 36.7 Å². The van der Waals surface area contributed by atoms with Crippen molar-refractivity contribution in [1.82, 2.24) is 0 Å². The lowest BCUT2D eigenvalue weighted by molar-refractivity contribution is -0.151. The summed E-state index contributed by atoms with van der Waals surface area (Å²) in [6.07, 6.45) is 4.20. The number of rotatable bonds is 12. The van der Waals surface area contributed by atoms with E-state index in [-0.39, 0.29) is 30.6 Å². The molecule has 6 nitrogen and oxygen atoms in total. The minimum atomic E-state index is -0.743. The van der Waals surface area contributed by atoms with E-state index in [4.69, 9.17) is 18.9 Å². The van der Waals surface area contributed by atoms with Crippen molar-refractivity contribution in [2.24, 2.45) is 5.92 Å². The van der Waals surface area contributed by atoms with E-state index < -0.39 is 24.0 Å². The highest BCUT2D eigenvalue weighted by molar-refractivity contribution is 5.95. The van der Waals surface area contributed by atoms with Crippen molar-refractivity contribution in [3.63, 3.8) is 0 Å². The Bertz CT molecular complexity index is 871. The number of hydrogen-bond acceptors (Lipinski definition) is 6. The molecule has 0 saturated carbocycles. The summed E-state index contributed by atoms with van der Waals surface area (Å²) in [4.78, 5) is 25.0. The van der Waals surface area contributed by atoms with Gasteiger partial charge in [-0.3, -0.25) is 9.59 Å². The number of esters is 1.